The fourth-order valence-electron chi connectivity index (χ4n) is 4.07. The fourth-order valence-corrected chi connectivity index (χ4v) is 4.84. The molecule has 0 unspecified atom stereocenters. The van der Waals surface area contributed by atoms with E-state index in [1.807, 2.05) is 60.9 Å². The lowest BCUT2D eigenvalue weighted by molar-refractivity contribution is 0.0714. The Morgan fingerprint density at radius 1 is 1.00 bits per heavy atom. The molecule has 5 rings (SSSR count). The highest BCUT2D eigenvalue weighted by Gasteiger charge is 2.42. The summed E-state index contributed by atoms with van der Waals surface area (Å²) in [5.74, 6) is -0.130. The van der Waals surface area contributed by atoms with Crippen molar-refractivity contribution >= 4 is 44.6 Å². The Hall–Kier alpha value is -2.83. The first-order valence-corrected chi connectivity index (χ1v) is 11.8. The Kier molecular flexibility index (Phi) is 5.20. The lowest BCUT2D eigenvalue weighted by atomic mass is 9.98. The molecule has 0 radical (unpaired) electrons. The van der Waals surface area contributed by atoms with Gasteiger partial charge in [-0.15, -0.1) is 11.8 Å². The first kappa shape index (κ1) is 20.1. The van der Waals surface area contributed by atoms with Crippen LogP contribution in [0.5, 0.6) is 0 Å². The van der Waals surface area contributed by atoms with E-state index in [-0.39, 0.29) is 17.1 Å². The van der Waals surface area contributed by atoms with Crippen LogP contribution in [0.25, 0.3) is 11.0 Å². The molecular weight excluding hydrogens is 474 g/mol. The molecule has 0 spiro atoms. The fraction of sp³-hybridized carbons (Fsp3) is 0.120. The average Bonchev–Trinajstić information content (AvgIpc) is 3.07. The maximum atomic E-state index is 13.6. The van der Waals surface area contributed by atoms with Crippen LogP contribution in [0.1, 0.15) is 33.3 Å². The van der Waals surface area contributed by atoms with Gasteiger partial charge in [0.05, 0.1) is 17.0 Å². The topological polar surface area (TPSA) is 50.5 Å². The number of carbonyl (C=O) groups is 1. The van der Waals surface area contributed by atoms with Gasteiger partial charge in [-0.25, -0.2) is 0 Å². The van der Waals surface area contributed by atoms with Crippen LogP contribution in [0, 0.1) is 0 Å². The van der Waals surface area contributed by atoms with Crippen LogP contribution in [0.4, 0.5) is 0 Å². The zero-order chi connectivity index (χ0) is 21.5. The van der Waals surface area contributed by atoms with Gasteiger partial charge < -0.3 is 9.32 Å². The highest BCUT2D eigenvalue weighted by atomic mass is 79.9. The van der Waals surface area contributed by atoms with Crippen molar-refractivity contribution in [3.63, 3.8) is 0 Å². The quantitative estimate of drug-likeness (QED) is 0.327. The van der Waals surface area contributed by atoms with Gasteiger partial charge in [-0.2, -0.15) is 0 Å². The highest BCUT2D eigenvalue weighted by Crippen LogP contribution is 2.39. The smallest absolute Gasteiger partial charge is 0.291 e. The second-order valence-electron chi connectivity index (χ2n) is 7.41. The van der Waals surface area contributed by atoms with Gasteiger partial charge in [-0.3, -0.25) is 9.59 Å². The molecule has 6 heteroatoms. The molecule has 4 nitrogen and oxygen atoms in total. The van der Waals surface area contributed by atoms with E-state index < -0.39 is 6.04 Å². The second kappa shape index (κ2) is 8.02. The number of hydrogen-bond donors (Lipinski definition) is 0. The number of amides is 1. The Morgan fingerprint density at radius 3 is 2.45 bits per heavy atom. The van der Waals surface area contributed by atoms with Crippen LogP contribution in [0.3, 0.4) is 0 Å². The summed E-state index contributed by atoms with van der Waals surface area (Å²) in [6.07, 6.45) is 2.02. The molecule has 1 atom stereocenters. The van der Waals surface area contributed by atoms with Gasteiger partial charge in [-0.05, 0) is 47.7 Å². The second-order valence-corrected chi connectivity index (χ2v) is 9.20. The van der Waals surface area contributed by atoms with Crippen LogP contribution >= 0.6 is 27.7 Å². The summed E-state index contributed by atoms with van der Waals surface area (Å²) in [7, 11) is 0. The average molecular weight is 492 g/mol. The van der Waals surface area contributed by atoms with Crippen LogP contribution in [-0.4, -0.2) is 17.1 Å². The lowest BCUT2D eigenvalue weighted by Crippen LogP contribution is -2.29. The standard InChI is InChI=1S/C25H18BrNO3S/c1-31-18-10-7-16(8-11-18)22-21-23(28)19-13-17(26)9-12-20(19)30-24(21)25(29)27(22)14-15-5-3-2-4-6-15/h2-13,22H,14H2,1H3/t22-/m1/s1. The summed E-state index contributed by atoms with van der Waals surface area (Å²) in [6.45, 7) is 0.387. The molecule has 2 heterocycles. The number of benzene rings is 3. The Balaban J connectivity index is 1.72. The van der Waals surface area contributed by atoms with Crippen LogP contribution in [0.15, 0.2) is 91.4 Å². The van der Waals surface area contributed by atoms with E-state index in [2.05, 4.69) is 15.9 Å². The molecule has 3 aromatic carbocycles. The van der Waals surface area contributed by atoms with E-state index in [1.54, 1.807) is 34.9 Å². The molecule has 1 amide bonds. The minimum atomic E-state index is -0.502. The first-order valence-electron chi connectivity index (χ1n) is 9.82. The van der Waals surface area contributed by atoms with Gasteiger partial charge in [0.2, 0.25) is 5.76 Å². The Morgan fingerprint density at radius 2 is 1.74 bits per heavy atom. The predicted octanol–water partition coefficient (Wildman–Crippen LogP) is 6.02. The Labute approximate surface area is 192 Å². The number of hydrogen-bond acceptors (Lipinski definition) is 4. The summed E-state index contributed by atoms with van der Waals surface area (Å²) in [6, 6.07) is 22.6. The van der Waals surface area contributed by atoms with Crippen LogP contribution in [0.2, 0.25) is 0 Å². The molecule has 4 aromatic rings. The largest absolute Gasteiger partial charge is 0.450 e. The number of halogens is 1. The van der Waals surface area contributed by atoms with E-state index in [1.165, 1.54) is 0 Å². The molecule has 0 fully saturated rings. The lowest BCUT2D eigenvalue weighted by Gasteiger charge is -2.25. The van der Waals surface area contributed by atoms with Crippen LogP contribution in [-0.2, 0) is 6.54 Å². The number of rotatable bonds is 4. The zero-order valence-corrected chi connectivity index (χ0v) is 19.1. The number of carbonyl (C=O) groups excluding carboxylic acids is 1. The maximum Gasteiger partial charge on any atom is 0.291 e. The minimum Gasteiger partial charge on any atom is -0.450 e. The summed E-state index contributed by atoms with van der Waals surface area (Å²) < 4.78 is 6.79. The number of thioether (sulfide) groups is 1. The van der Waals surface area contributed by atoms with Gasteiger partial charge in [0.25, 0.3) is 5.91 Å². The van der Waals surface area contributed by atoms with Crippen molar-refractivity contribution in [1.29, 1.82) is 0 Å². The van der Waals surface area contributed by atoms with Crippen molar-refractivity contribution in [2.24, 2.45) is 0 Å². The Bertz CT molecular complexity index is 1350. The maximum absolute atomic E-state index is 13.6. The van der Waals surface area contributed by atoms with Crippen molar-refractivity contribution in [1.82, 2.24) is 4.90 Å². The molecule has 1 aromatic heterocycles. The van der Waals surface area contributed by atoms with Crippen molar-refractivity contribution < 1.29 is 9.21 Å². The molecule has 0 saturated heterocycles. The monoisotopic (exact) mass is 491 g/mol. The normalized spacial score (nSPS) is 15.5. The third-order valence-electron chi connectivity index (χ3n) is 5.56. The third kappa shape index (κ3) is 3.50. The number of fused-ring (bicyclic) bond motifs is 2. The molecule has 31 heavy (non-hydrogen) atoms. The number of nitrogens with zero attached hydrogens (tertiary/aromatic N) is 1. The minimum absolute atomic E-state index is 0.134. The van der Waals surface area contributed by atoms with E-state index in [9.17, 15) is 9.59 Å². The molecule has 154 valence electrons. The van der Waals surface area contributed by atoms with Gasteiger partial charge in [0.15, 0.2) is 5.43 Å². The van der Waals surface area contributed by atoms with Gasteiger partial charge in [0, 0.05) is 15.9 Å². The van der Waals surface area contributed by atoms with Crippen LogP contribution < -0.4 is 5.43 Å². The van der Waals surface area contributed by atoms with Gasteiger partial charge >= 0.3 is 0 Å². The van der Waals surface area contributed by atoms with E-state index in [0.29, 0.717) is 23.1 Å². The van der Waals surface area contributed by atoms with Crippen molar-refractivity contribution in [3.8, 4) is 0 Å². The SMILES string of the molecule is CSc1ccc([C@@H]2c3c(oc4ccc(Br)cc4c3=O)C(=O)N2Cc2ccccc2)cc1. The van der Waals surface area contributed by atoms with Crippen molar-refractivity contribution in [2.75, 3.05) is 6.26 Å². The van der Waals surface area contributed by atoms with E-state index >= 15 is 0 Å². The molecule has 0 saturated carbocycles. The molecular formula is C25H18BrNO3S. The van der Waals surface area contributed by atoms with E-state index in [4.69, 9.17) is 4.42 Å². The van der Waals surface area contributed by atoms with E-state index in [0.717, 1.165) is 20.5 Å². The third-order valence-corrected chi connectivity index (χ3v) is 6.79. The van der Waals surface area contributed by atoms with Gasteiger partial charge in [-0.1, -0.05) is 58.4 Å². The summed E-state index contributed by atoms with van der Waals surface area (Å²) >= 11 is 5.08. The molecule has 0 bridgehead atoms. The molecule has 0 aliphatic carbocycles. The zero-order valence-electron chi connectivity index (χ0n) is 16.7. The molecule has 0 N–H and O–H groups in total. The predicted molar refractivity (Wildman–Crippen MR) is 127 cm³/mol. The first-order chi connectivity index (χ1) is 15.1. The summed E-state index contributed by atoms with van der Waals surface area (Å²) in [5, 5.41) is 0.466. The van der Waals surface area contributed by atoms with Crippen molar-refractivity contribution in [3.05, 3.63) is 110 Å². The van der Waals surface area contributed by atoms with Crippen molar-refractivity contribution in [2.45, 2.75) is 17.5 Å². The molecule has 1 aliphatic heterocycles. The summed E-state index contributed by atoms with van der Waals surface area (Å²) in [5.41, 5.74) is 2.54. The highest BCUT2D eigenvalue weighted by molar-refractivity contribution is 9.10. The van der Waals surface area contributed by atoms with Gasteiger partial charge in [0.1, 0.15) is 5.58 Å². The molecule has 1 aliphatic rings. The summed E-state index contributed by atoms with van der Waals surface area (Å²) in [4.78, 5) is 29.9.